The first-order chi connectivity index (χ1) is 14.1. The van der Waals surface area contributed by atoms with Crippen molar-refractivity contribution < 1.29 is 19.4 Å². The van der Waals surface area contributed by atoms with Crippen molar-refractivity contribution in [2.45, 2.75) is 13.3 Å². The summed E-state index contributed by atoms with van der Waals surface area (Å²) < 4.78 is 5.12. The van der Waals surface area contributed by atoms with E-state index in [9.17, 15) is 14.7 Å². The Balaban J connectivity index is 2.10. The van der Waals surface area contributed by atoms with Crippen molar-refractivity contribution in [3.05, 3.63) is 95.1 Å². The highest BCUT2D eigenvalue weighted by Gasteiger charge is 2.15. The van der Waals surface area contributed by atoms with Crippen LogP contribution in [-0.2, 0) is 16.0 Å². The Morgan fingerprint density at radius 2 is 1.69 bits per heavy atom. The van der Waals surface area contributed by atoms with Crippen LogP contribution >= 0.6 is 0 Å². The van der Waals surface area contributed by atoms with E-state index >= 15 is 0 Å². The molecule has 0 aliphatic carbocycles. The molecule has 3 aromatic rings. The summed E-state index contributed by atoms with van der Waals surface area (Å²) in [7, 11) is 0. The molecule has 4 nitrogen and oxygen atoms in total. The molecule has 0 aliphatic heterocycles. The third-order valence-corrected chi connectivity index (χ3v) is 4.48. The summed E-state index contributed by atoms with van der Waals surface area (Å²) in [6.07, 6.45) is 4.09. The van der Waals surface area contributed by atoms with Gasteiger partial charge in [0, 0.05) is 0 Å². The van der Waals surface area contributed by atoms with Crippen LogP contribution in [0.25, 0.3) is 23.3 Å². The van der Waals surface area contributed by atoms with Gasteiger partial charge in [-0.3, -0.25) is 4.79 Å². The topological polar surface area (TPSA) is 63.6 Å². The maximum absolute atomic E-state index is 12.1. The largest absolute Gasteiger partial charge is 0.478 e. The summed E-state index contributed by atoms with van der Waals surface area (Å²) in [5.41, 5.74) is 4.52. The summed E-state index contributed by atoms with van der Waals surface area (Å²) in [6, 6.07) is 22.4. The molecule has 29 heavy (non-hydrogen) atoms. The van der Waals surface area contributed by atoms with Gasteiger partial charge in [0.2, 0.25) is 0 Å². The molecule has 3 aromatic carbocycles. The molecule has 0 radical (unpaired) electrons. The lowest BCUT2D eigenvalue weighted by Gasteiger charge is -2.14. The quantitative estimate of drug-likeness (QED) is 0.440. The van der Waals surface area contributed by atoms with E-state index in [4.69, 9.17) is 4.74 Å². The second kappa shape index (κ2) is 9.51. The molecule has 1 N–H and O–H groups in total. The Morgan fingerprint density at radius 1 is 0.931 bits per heavy atom. The van der Waals surface area contributed by atoms with Gasteiger partial charge in [-0.05, 0) is 46.9 Å². The van der Waals surface area contributed by atoms with E-state index in [0.29, 0.717) is 6.61 Å². The van der Waals surface area contributed by atoms with Gasteiger partial charge in [-0.2, -0.15) is 0 Å². The molecule has 0 atom stereocenters. The third-order valence-electron chi connectivity index (χ3n) is 4.48. The minimum Gasteiger partial charge on any atom is -0.478 e. The highest BCUT2D eigenvalue weighted by atomic mass is 16.5. The van der Waals surface area contributed by atoms with Crippen LogP contribution in [0.5, 0.6) is 0 Å². The average Bonchev–Trinajstić information content (AvgIpc) is 2.73. The van der Waals surface area contributed by atoms with Crippen LogP contribution in [0.15, 0.2) is 72.8 Å². The minimum atomic E-state index is -0.990. The number of carboxylic acids is 1. The summed E-state index contributed by atoms with van der Waals surface area (Å²) in [6.45, 7) is 2.09. The van der Waals surface area contributed by atoms with Crippen LogP contribution in [0.1, 0.15) is 34.0 Å². The summed E-state index contributed by atoms with van der Waals surface area (Å²) in [5, 5.41) is 9.37. The number of carbonyl (C=O) groups excluding carboxylic acids is 1. The zero-order valence-electron chi connectivity index (χ0n) is 16.2. The number of rotatable bonds is 7. The number of hydrogen-bond donors (Lipinski definition) is 1. The second-order valence-corrected chi connectivity index (χ2v) is 6.49. The number of esters is 1. The van der Waals surface area contributed by atoms with Crippen molar-refractivity contribution in [1.29, 1.82) is 0 Å². The Morgan fingerprint density at radius 3 is 2.41 bits per heavy atom. The van der Waals surface area contributed by atoms with Crippen molar-refractivity contribution in [1.82, 2.24) is 0 Å². The van der Waals surface area contributed by atoms with E-state index < -0.39 is 5.97 Å². The smallest absolute Gasteiger partial charge is 0.335 e. The standard InChI is InChI=1S/C25H22O4/c1-2-29-23(26)17-21-12-6-10-19(15-14-18-8-4-3-5-9-18)24(21)20-11-7-13-22(16-20)25(27)28/h3-16H,2,17H2,1H3,(H,27,28)/b15-14-. The van der Waals surface area contributed by atoms with E-state index in [0.717, 1.165) is 27.8 Å². The lowest BCUT2D eigenvalue weighted by Crippen LogP contribution is -2.09. The fourth-order valence-electron chi connectivity index (χ4n) is 3.18. The van der Waals surface area contributed by atoms with Gasteiger partial charge in [-0.15, -0.1) is 0 Å². The molecule has 0 spiro atoms. The van der Waals surface area contributed by atoms with Crippen molar-refractivity contribution in [2.24, 2.45) is 0 Å². The first-order valence-corrected chi connectivity index (χ1v) is 9.43. The Labute approximate surface area is 170 Å². The summed E-state index contributed by atoms with van der Waals surface area (Å²) in [5.74, 6) is -1.30. The molecule has 0 aromatic heterocycles. The molecular weight excluding hydrogens is 364 g/mol. The molecule has 0 saturated heterocycles. The molecule has 0 aliphatic rings. The van der Waals surface area contributed by atoms with E-state index in [2.05, 4.69) is 0 Å². The molecule has 0 heterocycles. The maximum atomic E-state index is 12.1. The van der Waals surface area contributed by atoms with Gasteiger partial charge in [0.05, 0.1) is 18.6 Å². The molecule has 146 valence electrons. The van der Waals surface area contributed by atoms with Gasteiger partial charge in [-0.1, -0.05) is 72.8 Å². The zero-order chi connectivity index (χ0) is 20.6. The first kappa shape index (κ1) is 20.1. The summed E-state index contributed by atoms with van der Waals surface area (Å²) in [4.78, 5) is 23.6. The van der Waals surface area contributed by atoms with Crippen LogP contribution in [0, 0.1) is 0 Å². The first-order valence-electron chi connectivity index (χ1n) is 9.43. The normalized spacial score (nSPS) is 10.8. The van der Waals surface area contributed by atoms with Gasteiger partial charge in [0.25, 0.3) is 0 Å². The number of carboxylic acid groups (broad SMARTS) is 1. The average molecular weight is 386 g/mol. The van der Waals surface area contributed by atoms with E-state index in [1.807, 2.05) is 66.7 Å². The predicted octanol–water partition coefficient (Wildman–Crippen LogP) is 5.33. The number of hydrogen-bond acceptors (Lipinski definition) is 3. The summed E-state index contributed by atoms with van der Waals surface area (Å²) >= 11 is 0. The third kappa shape index (κ3) is 5.20. The predicted molar refractivity (Wildman–Crippen MR) is 115 cm³/mol. The Kier molecular flexibility index (Phi) is 6.59. The number of aromatic carboxylic acids is 1. The Bertz CT molecular complexity index is 1040. The highest BCUT2D eigenvalue weighted by molar-refractivity contribution is 5.91. The van der Waals surface area contributed by atoms with E-state index in [1.165, 1.54) is 0 Å². The van der Waals surface area contributed by atoms with Crippen molar-refractivity contribution in [2.75, 3.05) is 6.61 Å². The number of benzene rings is 3. The molecule has 0 fully saturated rings. The van der Waals surface area contributed by atoms with Gasteiger partial charge in [0.1, 0.15) is 0 Å². The van der Waals surface area contributed by atoms with Gasteiger partial charge < -0.3 is 9.84 Å². The Hall–Kier alpha value is -3.66. The van der Waals surface area contributed by atoms with Crippen molar-refractivity contribution >= 4 is 24.1 Å². The van der Waals surface area contributed by atoms with Crippen LogP contribution in [0.3, 0.4) is 0 Å². The van der Waals surface area contributed by atoms with E-state index in [-0.39, 0.29) is 18.0 Å². The van der Waals surface area contributed by atoms with Gasteiger partial charge >= 0.3 is 11.9 Å². The highest BCUT2D eigenvalue weighted by Crippen LogP contribution is 2.31. The van der Waals surface area contributed by atoms with Crippen molar-refractivity contribution in [3.63, 3.8) is 0 Å². The fraction of sp³-hybridized carbons (Fsp3) is 0.120. The second-order valence-electron chi connectivity index (χ2n) is 6.49. The molecule has 4 heteroatoms. The molecule has 0 bridgehead atoms. The van der Waals surface area contributed by atoms with E-state index in [1.54, 1.807) is 25.1 Å². The lowest BCUT2D eigenvalue weighted by molar-refractivity contribution is -0.142. The fourth-order valence-corrected chi connectivity index (χ4v) is 3.18. The monoisotopic (exact) mass is 386 g/mol. The lowest BCUT2D eigenvalue weighted by atomic mass is 9.91. The SMILES string of the molecule is CCOC(=O)Cc1cccc(/C=C\c2ccccc2)c1-c1cccc(C(=O)O)c1. The van der Waals surface area contributed by atoms with Crippen LogP contribution in [0.2, 0.25) is 0 Å². The zero-order valence-corrected chi connectivity index (χ0v) is 16.2. The minimum absolute atomic E-state index is 0.119. The van der Waals surface area contributed by atoms with Gasteiger partial charge in [-0.25, -0.2) is 4.79 Å². The molecule has 0 amide bonds. The molecule has 0 saturated carbocycles. The van der Waals surface area contributed by atoms with Crippen LogP contribution in [-0.4, -0.2) is 23.7 Å². The van der Waals surface area contributed by atoms with Gasteiger partial charge in [0.15, 0.2) is 0 Å². The van der Waals surface area contributed by atoms with Crippen molar-refractivity contribution in [3.8, 4) is 11.1 Å². The number of carbonyl (C=O) groups is 2. The number of ether oxygens (including phenoxy) is 1. The molecule has 0 unspecified atom stereocenters. The molecule has 3 rings (SSSR count). The van der Waals surface area contributed by atoms with Crippen LogP contribution < -0.4 is 0 Å². The van der Waals surface area contributed by atoms with Crippen LogP contribution in [0.4, 0.5) is 0 Å². The molecular formula is C25H22O4. The maximum Gasteiger partial charge on any atom is 0.335 e.